The molecule has 0 aliphatic rings. The molecule has 0 atom stereocenters. The van der Waals surface area contributed by atoms with Gasteiger partial charge in [0.2, 0.25) is 5.36 Å². The Balaban J connectivity index is 0.000000491. The molecule has 8 nitrogen and oxygen atoms in total. The zero-order valence-electron chi connectivity index (χ0n) is 16.5. The molecule has 0 fully saturated rings. The van der Waals surface area contributed by atoms with Gasteiger partial charge in [-0.1, -0.05) is 30.3 Å². The highest BCUT2D eigenvalue weighted by Crippen LogP contribution is 2.23. The first-order valence-corrected chi connectivity index (χ1v) is 10.3. The molecule has 1 N–H and O–H groups in total. The lowest BCUT2D eigenvalue weighted by molar-refractivity contribution is -2.00. The molecule has 2 aromatic heterocycles. The molecule has 4 aromatic rings. The average molecular weight is 443 g/mol. The molecule has 0 radical (unpaired) electrons. The number of benzene rings is 2. The van der Waals surface area contributed by atoms with Gasteiger partial charge in [-0.3, -0.25) is 4.98 Å². The van der Waals surface area contributed by atoms with Crippen LogP contribution in [0.15, 0.2) is 83.5 Å². The second kappa shape index (κ2) is 10.2. The summed E-state index contributed by atoms with van der Waals surface area (Å²) in [6, 6.07) is 21.9. The van der Waals surface area contributed by atoms with Gasteiger partial charge in [0, 0.05) is 23.5 Å². The smallest absolute Gasteiger partial charge is 0.213 e. The first-order valence-electron chi connectivity index (χ1n) is 9.08. The zero-order chi connectivity index (χ0) is 22.3. The number of nitrogens with zero attached hydrogens (tertiary/aromatic N) is 1. The topological polar surface area (TPSA) is 141 Å². The van der Waals surface area contributed by atoms with Gasteiger partial charge < -0.3 is 9.15 Å². The fraction of sp³-hybridized carbons (Fsp3) is 0.0909. The molecular formula is C22H19ClN2O6. The summed E-state index contributed by atoms with van der Waals surface area (Å²) in [6.45, 7) is 0.679. The maximum Gasteiger partial charge on any atom is 0.213 e. The van der Waals surface area contributed by atoms with E-state index in [9.17, 15) is 0 Å². The molecule has 0 amide bonds. The maximum atomic E-state index is 8.49. The van der Waals surface area contributed by atoms with Crippen LogP contribution in [0.1, 0.15) is 5.56 Å². The van der Waals surface area contributed by atoms with E-state index in [0.717, 1.165) is 39.0 Å². The normalized spacial score (nSPS) is 11.7. The van der Waals surface area contributed by atoms with E-state index in [1.54, 1.807) is 13.3 Å². The third-order valence-corrected chi connectivity index (χ3v) is 4.24. The molecule has 0 aliphatic heterocycles. The van der Waals surface area contributed by atoms with Crippen LogP contribution in [0.25, 0.3) is 22.3 Å². The molecule has 0 unspecified atom stereocenters. The van der Waals surface area contributed by atoms with Gasteiger partial charge >= 0.3 is 0 Å². The zero-order valence-corrected chi connectivity index (χ0v) is 17.2. The van der Waals surface area contributed by atoms with Crippen molar-refractivity contribution in [3.8, 4) is 17.1 Å². The van der Waals surface area contributed by atoms with Crippen LogP contribution in [0, 0.1) is 10.2 Å². The van der Waals surface area contributed by atoms with Crippen LogP contribution < -0.4 is 33.7 Å². The van der Waals surface area contributed by atoms with Crippen LogP contribution in [0.4, 0.5) is 0 Å². The minimum atomic E-state index is -4.94. The lowest BCUT2D eigenvalue weighted by Crippen LogP contribution is -2.75. The van der Waals surface area contributed by atoms with Crippen molar-refractivity contribution in [2.24, 2.45) is 0 Å². The van der Waals surface area contributed by atoms with Crippen LogP contribution in [0.5, 0.6) is 5.75 Å². The number of methoxy groups -OCH3 is 1. The molecule has 2 heterocycles. The predicted octanol–water partition coefficient (Wildman–Crippen LogP) is -2.07. The van der Waals surface area contributed by atoms with Gasteiger partial charge in [-0.15, -0.1) is 10.2 Å². The number of fused-ring (bicyclic) bond motifs is 1. The summed E-state index contributed by atoms with van der Waals surface area (Å²) in [7, 11) is -3.28. The van der Waals surface area contributed by atoms with E-state index in [4.69, 9.17) is 27.8 Å². The van der Waals surface area contributed by atoms with Gasteiger partial charge in [0.1, 0.15) is 17.1 Å². The monoisotopic (exact) mass is 442 g/mol. The standard InChI is InChI=1S/C22H18N2O2.ClHO4/c1-25-18-9-10-21-19(12-18)20(24-15-16-6-5-11-23-14-16)13-22(26-21)17-7-3-2-4-8-17;2-1(3,4)5/h2-14H,15H2,1H3;(H,2,3,4,5). The van der Waals surface area contributed by atoms with E-state index in [1.807, 2.05) is 72.9 Å². The number of halogens is 1. The lowest BCUT2D eigenvalue weighted by Gasteiger charge is -2.17. The number of nitrogens with one attached hydrogen (secondary N) is 1. The summed E-state index contributed by atoms with van der Waals surface area (Å²) >= 11 is 0. The van der Waals surface area contributed by atoms with Gasteiger partial charge in [-0.25, -0.2) is 23.6 Å². The van der Waals surface area contributed by atoms with E-state index < -0.39 is 10.2 Å². The molecule has 0 spiro atoms. The fourth-order valence-electron chi connectivity index (χ4n) is 2.88. The lowest BCUT2D eigenvalue weighted by atomic mass is 10.1. The Bertz CT molecular complexity index is 1190. The highest BCUT2D eigenvalue weighted by atomic mass is 35.7. The largest absolute Gasteiger partial charge is 0.497 e. The summed E-state index contributed by atoms with van der Waals surface area (Å²) in [5, 5.41) is 1.97. The van der Waals surface area contributed by atoms with E-state index >= 15 is 0 Å². The van der Waals surface area contributed by atoms with E-state index in [1.165, 1.54) is 0 Å². The average Bonchev–Trinajstić information content (AvgIpc) is 2.77. The third-order valence-electron chi connectivity index (χ3n) is 4.24. The van der Waals surface area contributed by atoms with Gasteiger partial charge in [0.05, 0.1) is 18.6 Å². The summed E-state index contributed by atoms with van der Waals surface area (Å²) in [5.74, 6) is 1.61. The first-order chi connectivity index (χ1) is 14.8. The minimum absolute atomic E-state index is 0.679. The predicted molar refractivity (Wildman–Crippen MR) is 100 cm³/mol. The first kappa shape index (κ1) is 22.4. The Morgan fingerprint density at radius 3 is 2.35 bits per heavy atom. The quantitative estimate of drug-likeness (QED) is 0.382. The summed E-state index contributed by atoms with van der Waals surface area (Å²) in [4.78, 5) is 7.68. The van der Waals surface area contributed by atoms with Crippen molar-refractivity contribution >= 4 is 11.0 Å². The Morgan fingerprint density at radius 2 is 1.71 bits per heavy atom. The maximum absolute atomic E-state index is 8.49. The van der Waals surface area contributed by atoms with Crippen LogP contribution >= 0.6 is 0 Å². The molecule has 31 heavy (non-hydrogen) atoms. The molecule has 4 rings (SSSR count). The number of hydrogen-bond acceptors (Lipinski definition) is 7. The van der Waals surface area contributed by atoms with Crippen LogP contribution in [-0.4, -0.2) is 12.1 Å². The van der Waals surface area contributed by atoms with E-state index in [2.05, 4.69) is 9.98 Å². The van der Waals surface area contributed by atoms with Crippen molar-refractivity contribution in [3.05, 3.63) is 90.0 Å². The van der Waals surface area contributed by atoms with Gasteiger partial charge in [0.25, 0.3) is 0 Å². The van der Waals surface area contributed by atoms with Crippen LogP contribution in [0.2, 0.25) is 0 Å². The number of aromatic nitrogens is 1. The Hall–Kier alpha value is -3.27. The summed E-state index contributed by atoms with van der Waals surface area (Å²) < 4.78 is 45.5. The highest BCUT2D eigenvalue weighted by molar-refractivity contribution is 5.79. The van der Waals surface area contributed by atoms with E-state index in [0.29, 0.717) is 6.54 Å². The van der Waals surface area contributed by atoms with Crippen molar-refractivity contribution in [3.63, 3.8) is 0 Å². The number of hydrogen-bond donors (Lipinski definition) is 1. The molecule has 2 aromatic carbocycles. The van der Waals surface area contributed by atoms with Gasteiger partial charge in [-0.05, 0) is 30.3 Å². The number of rotatable bonds is 4. The Morgan fingerprint density at radius 1 is 0.968 bits per heavy atom. The van der Waals surface area contributed by atoms with Gasteiger partial charge in [0.15, 0.2) is 6.54 Å². The molecular weight excluding hydrogens is 424 g/mol. The SMILES string of the molecule is COc1ccc2oc(-c3ccccc3)cc(=[NH+]Cc3cccnc3)c2c1.[O-][Cl+3]([O-])([O-])[O-]. The Kier molecular flexibility index (Phi) is 7.35. The summed E-state index contributed by atoms with van der Waals surface area (Å²) in [6.07, 6.45) is 3.64. The van der Waals surface area contributed by atoms with E-state index in [-0.39, 0.29) is 0 Å². The Labute approximate surface area is 180 Å². The highest BCUT2D eigenvalue weighted by Gasteiger charge is 2.10. The molecule has 9 heteroatoms. The van der Waals surface area contributed by atoms with Crippen molar-refractivity contribution < 1.29 is 43.0 Å². The molecule has 0 saturated heterocycles. The third kappa shape index (κ3) is 6.88. The number of pyridine rings is 1. The van der Waals surface area contributed by atoms with Crippen molar-refractivity contribution in [1.29, 1.82) is 0 Å². The number of ether oxygens (including phenoxy) is 1. The molecule has 160 valence electrons. The fourth-order valence-corrected chi connectivity index (χ4v) is 2.88. The molecule has 0 saturated carbocycles. The van der Waals surface area contributed by atoms with Crippen molar-refractivity contribution in [1.82, 2.24) is 4.98 Å². The summed E-state index contributed by atoms with van der Waals surface area (Å²) in [5.41, 5.74) is 2.96. The second-order valence-electron chi connectivity index (χ2n) is 6.35. The minimum Gasteiger partial charge on any atom is -0.497 e. The molecule has 0 bridgehead atoms. The van der Waals surface area contributed by atoms with Crippen molar-refractivity contribution in [2.45, 2.75) is 6.54 Å². The molecule has 0 aliphatic carbocycles. The van der Waals surface area contributed by atoms with Crippen molar-refractivity contribution in [2.75, 3.05) is 7.11 Å². The second-order valence-corrected chi connectivity index (χ2v) is 7.10. The van der Waals surface area contributed by atoms with Crippen LogP contribution in [0.3, 0.4) is 0 Å². The van der Waals surface area contributed by atoms with Crippen LogP contribution in [-0.2, 0) is 6.54 Å². The van der Waals surface area contributed by atoms with Gasteiger partial charge in [-0.2, -0.15) is 0 Å².